The Morgan fingerprint density at radius 1 is 1.28 bits per heavy atom. The molecule has 0 atom stereocenters. The van der Waals surface area contributed by atoms with E-state index in [0.717, 1.165) is 18.7 Å². The molecule has 0 radical (unpaired) electrons. The number of aryl methyl sites for hydroxylation is 1. The first-order valence-electron chi connectivity index (χ1n) is 8.23. The first-order chi connectivity index (χ1) is 12.0. The molecule has 1 amide bonds. The number of aromatic nitrogens is 1. The van der Waals surface area contributed by atoms with E-state index in [-0.39, 0.29) is 28.2 Å². The summed E-state index contributed by atoms with van der Waals surface area (Å²) in [5, 5.41) is 9.07. The first-order valence-corrected chi connectivity index (χ1v) is 8.60. The van der Waals surface area contributed by atoms with Crippen LogP contribution in [0.2, 0.25) is 5.02 Å². The topological polar surface area (TPSA) is 66.0 Å². The van der Waals surface area contributed by atoms with Gasteiger partial charge in [-0.2, -0.15) is 0 Å². The van der Waals surface area contributed by atoms with Gasteiger partial charge < -0.3 is 16.0 Å². The number of carbonyl (C=O) groups excluding carboxylic acids is 1. The minimum Gasteiger partial charge on any atom is -0.351 e. The molecule has 3 N–H and O–H groups in total. The molecule has 2 heterocycles. The Balaban J connectivity index is 0.00000109. The highest BCUT2D eigenvalue weighted by Gasteiger charge is 2.23. The average molecular weight is 365 g/mol. The number of amides is 1. The third kappa shape index (κ3) is 4.67. The zero-order chi connectivity index (χ0) is 18.4. The molecule has 1 aliphatic heterocycles. The second-order valence-electron chi connectivity index (χ2n) is 5.48. The lowest BCUT2D eigenvalue weighted by Crippen LogP contribution is -2.57. The molecule has 1 aliphatic rings. The Labute approximate surface area is 152 Å². The van der Waals surface area contributed by atoms with Crippen molar-refractivity contribution in [1.29, 1.82) is 0 Å². The van der Waals surface area contributed by atoms with Crippen LogP contribution in [0, 0.1) is 12.7 Å². The number of anilines is 2. The molecule has 1 aromatic carbocycles. The van der Waals surface area contributed by atoms with Crippen molar-refractivity contribution in [2.45, 2.75) is 26.8 Å². The molecule has 1 saturated heterocycles. The Morgan fingerprint density at radius 3 is 2.60 bits per heavy atom. The van der Waals surface area contributed by atoms with Gasteiger partial charge in [0.15, 0.2) is 0 Å². The minimum atomic E-state index is -0.403. The van der Waals surface area contributed by atoms with Gasteiger partial charge in [-0.05, 0) is 24.6 Å². The number of rotatable bonds is 4. The Hall–Kier alpha value is -2.18. The van der Waals surface area contributed by atoms with Gasteiger partial charge in [-0.3, -0.25) is 9.78 Å². The van der Waals surface area contributed by atoms with Crippen LogP contribution in [-0.2, 0) is 0 Å². The molecule has 0 unspecified atom stereocenters. The van der Waals surface area contributed by atoms with Gasteiger partial charge in [-0.1, -0.05) is 31.5 Å². The first kappa shape index (κ1) is 19.1. The monoisotopic (exact) mass is 364 g/mol. The predicted octanol–water partition coefficient (Wildman–Crippen LogP) is 3.65. The molecule has 134 valence electrons. The second-order valence-corrected chi connectivity index (χ2v) is 5.89. The fraction of sp³-hybridized carbons (Fsp3) is 0.333. The normalized spacial score (nSPS) is 13.3. The van der Waals surface area contributed by atoms with Gasteiger partial charge >= 0.3 is 0 Å². The zero-order valence-electron chi connectivity index (χ0n) is 14.5. The van der Waals surface area contributed by atoms with Crippen molar-refractivity contribution >= 4 is 28.9 Å². The standard InChI is InChI=1S/C16H16ClFN4O.C2H6/c1-9-2-3-13(12(18)4-9)22-14-8-20-7-11(17)15(14)16(23)21-10-5-19-6-10;1-2/h2-4,7-8,10,19,22H,5-6H2,1H3,(H,21,23);1-2H3. The van der Waals surface area contributed by atoms with E-state index >= 15 is 0 Å². The van der Waals surface area contributed by atoms with Gasteiger partial charge in [0.05, 0.1) is 34.2 Å². The van der Waals surface area contributed by atoms with E-state index in [2.05, 4.69) is 20.9 Å². The summed E-state index contributed by atoms with van der Waals surface area (Å²) in [6.45, 7) is 7.26. The summed E-state index contributed by atoms with van der Waals surface area (Å²) in [7, 11) is 0. The maximum atomic E-state index is 14.0. The SMILES string of the molecule is CC.Cc1ccc(Nc2cncc(Cl)c2C(=O)NC2CNC2)c(F)c1. The van der Waals surface area contributed by atoms with E-state index in [1.54, 1.807) is 19.1 Å². The summed E-state index contributed by atoms with van der Waals surface area (Å²) in [6, 6.07) is 4.89. The lowest BCUT2D eigenvalue weighted by molar-refractivity contribution is 0.0925. The molecule has 1 fully saturated rings. The van der Waals surface area contributed by atoms with Gasteiger partial charge in [-0.15, -0.1) is 0 Å². The Kier molecular flexibility index (Phi) is 6.73. The van der Waals surface area contributed by atoms with E-state index in [1.165, 1.54) is 18.5 Å². The van der Waals surface area contributed by atoms with E-state index in [0.29, 0.717) is 5.69 Å². The van der Waals surface area contributed by atoms with Crippen molar-refractivity contribution in [1.82, 2.24) is 15.6 Å². The van der Waals surface area contributed by atoms with E-state index in [9.17, 15) is 9.18 Å². The van der Waals surface area contributed by atoms with Crippen molar-refractivity contribution in [2.24, 2.45) is 0 Å². The predicted molar refractivity (Wildman–Crippen MR) is 99.1 cm³/mol. The molecule has 0 bridgehead atoms. The van der Waals surface area contributed by atoms with Crippen LogP contribution in [0.1, 0.15) is 29.8 Å². The summed E-state index contributed by atoms with van der Waals surface area (Å²) in [5.74, 6) is -0.710. The number of pyridine rings is 1. The van der Waals surface area contributed by atoms with Crippen LogP contribution in [0.25, 0.3) is 0 Å². The van der Waals surface area contributed by atoms with Crippen LogP contribution in [-0.4, -0.2) is 30.0 Å². The summed E-state index contributed by atoms with van der Waals surface area (Å²) >= 11 is 6.13. The second kappa shape index (κ2) is 8.78. The Bertz CT molecular complexity index is 750. The molecule has 3 rings (SSSR count). The summed E-state index contributed by atoms with van der Waals surface area (Å²) in [4.78, 5) is 16.4. The minimum absolute atomic E-state index is 0.0793. The van der Waals surface area contributed by atoms with Crippen LogP contribution < -0.4 is 16.0 Å². The molecular formula is C18H22ClFN4O. The molecular weight excluding hydrogens is 343 g/mol. The number of benzene rings is 1. The largest absolute Gasteiger partial charge is 0.351 e. The molecule has 0 saturated carbocycles. The quantitative estimate of drug-likeness (QED) is 0.774. The van der Waals surface area contributed by atoms with Crippen LogP contribution in [0.3, 0.4) is 0 Å². The number of carbonyl (C=O) groups is 1. The smallest absolute Gasteiger partial charge is 0.255 e. The van der Waals surface area contributed by atoms with Crippen molar-refractivity contribution in [3.8, 4) is 0 Å². The summed E-state index contributed by atoms with van der Waals surface area (Å²) < 4.78 is 14.0. The van der Waals surface area contributed by atoms with Crippen LogP contribution in [0.15, 0.2) is 30.6 Å². The molecule has 7 heteroatoms. The number of halogens is 2. The van der Waals surface area contributed by atoms with Crippen LogP contribution >= 0.6 is 11.6 Å². The highest BCUT2D eigenvalue weighted by atomic mass is 35.5. The Morgan fingerprint density at radius 2 is 2.00 bits per heavy atom. The van der Waals surface area contributed by atoms with Gasteiger partial charge in [0.1, 0.15) is 5.82 Å². The van der Waals surface area contributed by atoms with Crippen molar-refractivity contribution in [3.05, 3.63) is 52.6 Å². The fourth-order valence-corrected chi connectivity index (χ4v) is 2.52. The maximum Gasteiger partial charge on any atom is 0.255 e. The van der Waals surface area contributed by atoms with E-state index in [4.69, 9.17) is 11.6 Å². The average Bonchev–Trinajstić information content (AvgIpc) is 2.55. The maximum absolute atomic E-state index is 14.0. The lowest BCUT2D eigenvalue weighted by atomic mass is 10.1. The molecule has 0 spiro atoms. The van der Waals surface area contributed by atoms with E-state index < -0.39 is 5.82 Å². The summed E-state index contributed by atoms with van der Waals surface area (Å²) in [6.07, 6.45) is 2.85. The highest BCUT2D eigenvalue weighted by Crippen LogP contribution is 2.27. The van der Waals surface area contributed by atoms with Crippen molar-refractivity contribution in [3.63, 3.8) is 0 Å². The number of hydrogen-bond acceptors (Lipinski definition) is 4. The fourth-order valence-electron chi connectivity index (χ4n) is 2.28. The number of nitrogens with zero attached hydrogens (tertiary/aromatic N) is 1. The highest BCUT2D eigenvalue weighted by molar-refractivity contribution is 6.34. The number of hydrogen-bond donors (Lipinski definition) is 3. The number of nitrogens with one attached hydrogen (secondary N) is 3. The molecule has 5 nitrogen and oxygen atoms in total. The summed E-state index contributed by atoms with van der Waals surface area (Å²) in [5.41, 5.74) is 1.70. The third-order valence-electron chi connectivity index (χ3n) is 3.64. The van der Waals surface area contributed by atoms with Gasteiger partial charge in [0.25, 0.3) is 5.91 Å². The van der Waals surface area contributed by atoms with E-state index in [1.807, 2.05) is 13.8 Å². The lowest BCUT2D eigenvalue weighted by Gasteiger charge is -2.28. The van der Waals surface area contributed by atoms with Gasteiger partial charge in [-0.25, -0.2) is 4.39 Å². The van der Waals surface area contributed by atoms with Gasteiger partial charge in [0.2, 0.25) is 0 Å². The van der Waals surface area contributed by atoms with Crippen molar-refractivity contribution < 1.29 is 9.18 Å². The van der Waals surface area contributed by atoms with Crippen molar-refractivity contribution in [2.75, 3.05) is 18.4 Å². The molecule has 2 aromatic rings. The van der Waals surface area contributed by atoms with Gasteiger partial charge in [0, 0.05) is 19.3 Å². The zero-order valence-corrected chi connectivity index (χ0v) is 15.2. The van der Waals surface area contributed by atoms with Crippen LogP contribution in [0.5, 0.6) is 0 Å². The molecule has 1 aromatic heterocycles. The molecule has 25 heavy (non-hydrogen) atoms. The van der Waals surface area contributed by atoms with Crippen LogP contribution in [0.4, 0.5) is 15.8 Å². The third-order valence-corrected chi connectivity index (χ3v) is 3.92. The molecule has 0 aliphatic carbocycles.